The molecule has 1 spiro atoms. The third kappa shape index (κ3) is 3.51. The molecule has 0 amide bonds. The van der Waals surface area contributed by atoms with E-state index in [0.29, 0.717) is 5.82 Å². The lowest BCUT2D eigenvalue weighted by Gasteiger charge is -2.32. The van der Waals surface area contributed by atoms with E-state index in [2.05, 4.69) is 31.1 Å². The van der Waals surface area contributed by atoms with Crippen LogP contribution in [0.25, 0.3) is 0 Å². The lowest BCUT2D eigenvalue weighted by atomic mass is 9.94. The second kappa shape index (κ2) is 6.00. The molecule has 2 fully saturated rings. The zero-order valence-corrected chi connectivity index (χ0v) is 13.5. The highest BCUT2D eigenvalue weighted by Crippen LogP contribution is 2.53. The fraction of sp³-hybridized carbons (Fsp3) is 0.667. The van der Waals surface area contributed by atoms with Crippen molar-refractivity contribution in [2.45, 2.75) is 32.2 Å². The van der Waals surface area contributed by atoms with Gasteiger partial charge in [0, 0.05) is 35.9 Å². The van der Waals surface area contributed by atoms with E-state index < -0.39 is 0 Å². The zero-order valence-electron chi connectivity index (χ0n) is 11.9. The van der Waals surface area contributed by atoms with Gasteiger partial charge in [0.2, 0.25) is 0 Å². The molecule has 5 heteroatoms. The summed E-state index contributed by atoms with van der Waals surface area (Å²) in [6.45, 7) is 5.50. The van der Waals surface area contributed by atoms with Crippen LogP contribution in [0.4, 0.5) is 5.82 Å². The first-order valence-electron chi connectivity index (χ1n) is 7.50. The number of nitrogens with one attached hydrogen (secondary N) is 1. The van der Waals surface area contributed by atoms with Crippen LogP contribution in [-0.2, 0) is 6.54 Å². The van der Waals surface area contributed by atoms with E-state index in [-0.39, 0.29) is 0 Å². The number of likely N-dealkylation sites (tertiary alicyclic amines) is 1. The Hall–Kier alpha value is -0.650. The van der Waals surface area contributed by atoms with Gasteiger partial charge in [-0.15, -0.1) is 0 Å². The molecule has 1 aromatic rings. The Balaban J connectivity index is 1.37. The first-order chi connectivity index (χ1) is 9.67. The standard InChI is InChI=1S/C15H23BrN4/c16-13-9-12(14(17)19-11-13)10-18-5-8-20-6-3-15(1-2-15)4-7-20/h9,11,18H,1-8,10H2,(H2,17,19). The van der Waals surface area contributed by atoms with Crippen LogP contribution in [-0.4, -0.2) is 36.1 Å². The second-order valence-electron chi connectivity index (χ2n) is 6.22. The van der Waals surface area contributed by atoms with Gasteiger partial charge >= 0.3 is 0 Å². The van der Waals surface area contributed by atoms with Gasteiger partial charge < -0.3 is 16.0 Å². The Morgan fingerprint density at radius 2 is 2.05 bits per heavy atom. The minimum Gasteiger partial charge on any atom is -0.383 e. The van der Waals surface area contributed by atoms with E-state index in [1.165, 1.54) is 38.8 Å². The molecule has 1 aliphatic carbocycles. The van der Waals surface area contributed by atoms with Crippen molar-refractivity contribution >= 4 is 21.7 Å². The molecule has 20 heavy (non-hydrogen) atoms. The SMILES string of the molecule is Nc1ncc(Br)cc1CNCCN1CCC2(CC1)CC2. The fourth-order valence-corrected chi connectivity index (χ4v) is 3.40. The van der Waals surface area contributed by atoms with Crippen molar-refractivity contribution in [1.82, 2.24) is 15.2 Å². The van der Waals surface area contributed by atoms with E-state index in [0.717, 1.165) is 35.1 Å². The van der Waals surface area contributed by atoms with Gasteiger partial charge in [-0.1, -0.05) is 0 Å². The van der Waals surface area contributed by atoms with Crippen LogP contribution in [0, 0.1) is 5.41 Å². The predicted octanol–water partition coefficient (Wildman–Crippen LogP) is 2.39. The number of aromatic nitrogens is 1. The smallest absolute Gasteiger partial charge is 0.127 e. The monoisotopic (exact) mass is 338 g/mol. The quantitative estimate of drug-likeness (QED) is 0.809. The molecule has 1 saturated heterocycles. The largest absolute Gasteiger partial charge is 0.383 e. The van der Waals surface area contributed by atoms with E-state index in [1.54, 1.807) is 6.20 Å². The van der Waals surface area contributed by atoms with Crippen LogP contribution in [0.1, 0.15) is 31.2 Å². The molecule has 1 saturated carbocycles. The van der Waals surface area contributed by atoms with Crippen LogP contribution < -0.4 is 11.1 Å². The van der Waals surface area contributed by atoms with Crippen molar-refractivity contribution in [2.75, 3.05) is 31.9 Å². The Bertz CT molecular complexity index is 463. The molecule has 2 aliphatic rings. The molecule has 0 atom stereocenters. The molecule has 110 valence electrons. The van der Waals surface area contributed by atoms with Crippen LogP contribution in [0.5, 0.6) is 0 Å². The Labute approximate surface area is 129 Å². The molecule has 0 bridgehead atoms. The summed E-state index contributed by atoms with van der Waals surface area (Å²) in [6, 6.07) is 2.03. The van der Waals surface area contributed by atoms with Crippen molar-refractivity contribution < 1.29 is 0 Å². The van der Waals surface area contributed by atoms with Crippen molar-refractivity contribution in [3.05, 3.63) is 22.3 Å². The van der Waals surface area contributed by atoms with E-state index in [4.69, 9.17) is 5.73 Å². The lowest BCUT2D eigenvalue weighted by molar-refractivity contribution is 0.173. The molecule has 2 heterocycles. The number of anilines is 1. The van der Waals surface area contributed by atoms with Crippen molar-refractivity contribution in [1.29, 1.82) is 0 Å². The van der Waals surface area contributed by atoms with Crippen LogP contribution in [0.3, 0.4) is 0 Å². The highest BCUT2D eigenvalue weighted by molar-refractivity contribution is 9.10. The molecule has 0 unspecified atom stereocenters. The summed E-state index contributed by atoms with van der Waals surface area (Å²) in [5.74, 6) is 0.620. The average Bonchev–Trinajstić information content (AvgIpc) is 3.20. The molecule has 0 radical (unpaired) electrons. The van der Waals surface area contributed by atoms with Crippen LogP contribution >= 0.6 is 15.9 Å². The molecule has 4 nitrogen and oxygen atoms in total. The first kappa shape index (κ1) is 14.3. The molecular formula is C15H23BrN4. The summed E-state index contributed by atoms with van der Waals surface area (Å²) in [7, 11) is 0. The van der Waals surface area contributed by atoms with E-state index in [9.17, 15) is 0 Å². The summed E-state index contributed by atoms with van der Waals surface area (Å²) < 4.78 is 0.981. The number of rotatable bonds is 5. The number of pyridine rings is 1. The number of nitrogen functional groups attached to an aromatic ring is 1. The van der Waals surface area contributed by atoms with Gasteiger partial charge in [0.25, 0.3) is 0 Å². The number of hydrogen-bond donors (Lipinski definition) is 2. The fourth-order valence-electron chi connectivity index (χ4n) is 3.02. The van der Waals surface area contributed by atoms with Crippen molar-refractivity contribution in [3.8, 4) is 0 Å². The van der Waals surface area contributed by atoms with Gasteiger partial charge in [0.1, 0.15) is 5.82 Å². The van der Waals surface area contributed by atoms with Crippen LogP contribution in [0.2, 0.25) is 0 Å². The van der Waals surface area contributed by atoms with Gasteiger partial charge in [-0.05, 0) is 66.2 Å². The summed E-state index contributed by atoms with van der Waals surface area (Å²) in [6.07, 6.45) is 7.52. The Morgan fingerprint density at radius 1 is 1.30 bits per heavy atom. The number of piperidine rings is 1. The lowest BCUT2D eigenvalue weighted by Crippen LogP contribution is -2.38. The van der Waals surface area contributed by atoms with Gasteiger partial charge in [-0.2, -0.15) is 0 Å². The maximum atomic E-state index is 5.87. The molecule has 3 rings (SSSR count). The number of halogens is 1. The number of nitrogens with two attached hydrogens (primary N) is 1. The minimum absolute atomic E-state index is 0.620. The summed E-state index contributed by atoms with van der Waals surface area (Å²) in [5.41, 5.74) is 7.71. The van der Waals surface area contributed by atoms with Crippen molar-refractivity contribution in [2.24, 2.45) is 5.41 Å². The zero-order chi connectivity index (χ0) is 14.0. The number of nitrogens with zero attached hydrogens (tertiary/aromatic N) is 2. The third-order valence-electron chi connectivity index (χ3n) is 4.76. The maximum Gasteiger partial charge on any atom is 0.127 e. The normalized spacial score (nSPS) is 21.2. The second-order valence-corrected chi connectivity index (χ2v) is 7.13. The highest BCUT2D eigenvalue weighted by Gasteiger charge is 2.44. The number of hydrogen-bond acceptors (Lipinski definition) is 4. The molecule has 0 aromatic carbocycles. The molecular weight excluding hydrogens is 316 g/mol. The third-order valence-corrected chi connectivity index (χ3v) is 5.20. The van der Waals surface area contributed by atoms with Gasteiger partial charge in [0.05, 0.1) is 0 Å². The minimum atomic E-state index is 0.620. The average molecular weight is 339 g/mol. The summed E-state index contributed by atoms with van der Waals surface area (Å²) >= 11 is 3.43. The van der Waals surface area contributed by atoms with Gasteiger partial charge in [0.15, 0.2) is 0 Å². The van der Waals surface area contributed by atoms with E-state index in [1.807, 2.05) is 6.07 Å². The van der Waals surface area contributed by atoms with Gasteiger partial charge in [-0.3, -0.25) is 0 Å². The highest BCUT2D eigenvalue weighted by atomic mass is 79.9. The Morgan fingerprint density at radius 3 is 2.75 bits per heavy atom. The summed E-state index contributed by atoms with van der Waals surface area (Å²) in [5, 5.41) is 3.47. The molecule has 1 aliphatic heterocycles. The first-order valence-corrected chi connectivity index (χ1v) is 8.29. The predicted molar refractivity (Wildman–Crippen MR) is 85.4 cm³/mol. The van der Waals surface area contributed by atoms with Crippen molar-refractivity contribution in [3.63, 3.8) is 0 Å². The van der Waals surface area contributed by atoms with Gasteiger partial charge in [-0.25, -0.2) is 4.98 Å². The maximum absolute atomic E-state index is 5.87. The van der Waals surface area contributed by atoms with Crippen LogP contribution in [0.15, 0.2) is 16.7 Å². The Kier molecular flexibility index (Phi) is 4.29. The molecule has 3 N–H and O–H groups in total. The molecule has 1 aromatic heterocycles. The summed E-state index contributed by atoms with van der Waals surface area (Å²) in [4.78, 5) is 6.73. The van der Waals surface area contributed by atoms with E-state index >= 15 is 0 Å². The topological polar surface area (TPSA) is 54.2 Å².